The van der Waals surface area contributed by atoms with Crippen LogP contribution in [0.4, 0.5) is 13.2 Å². The van der Waals surface area contributed by atoms with Gasteiger partial charge in [0, 0.05) is 12.0 Å². The van der Waals surface area contributed by atoms with E-state index in [0.29, 0.717) is 0 Å². The third-order valence-electron chi connectivity index (χ3n) is 2.76. The first-order chi connectivity index (χ1) is 8.99. The van der Waals surface area contributed by atoms with Crippen molar-refractivity contribution in [3.05, 3.63) is 70.0 Å². The Morgan fingerprint density at radius 3 is 2.58 bits per heavy atom. The first-order valence-corrected chi connectivity index (χ1v) is 5.92. The first kappa shape index (κ1) is 13.9. The number of rotatable bonds is 3. The Labute approximate surface area is 113 Å². The lowest BCUT2D eigenvalue weighted by Crippen LogP contribution is -2.06. The summed E-state index contributed by atoms with van der Waals surface area (Å²) >= 11 is 5.60. The van der Waals surface area contributed by atoms with Crippen molar-refractivity contribution >= 4 is 11.6 Å². The Morgan fingerprint density at radius 1 is 1.11 bits per heavy atom. The molecule has 0 bridgehead atoms. The largest absolute Gasteiger partial charge is 0.388 e. The van der Waals surface area contributed by atoms with Crippen LogP contribution >= 0.6 is 11.6 Å². The van der Waals surface area contributed by atoms with Crippen LogP contribution in [0.5, 0.6) is 0 Å². The Bertz CT molecular complexity index is 601. The zero-order valence-electron chi connectivity index (χ0n) is 9.71. The lowest BCUT2D eigenvalue weighted by Gasteiger charge is -2.13. The average molecular weight is 287 g/mol. The molecule has 0 amide bonds. The van der Waals surface area contributed by atoms with Gasteiger partial charge >= 0.3 is 0 Å². The zero-order valence-corrected chi connectivity index (χ0v) is 10.5. The molecular formula is C14H10ClF3O. The van der Waals surface area contributed by atoms with Gasteiger partial charge in [0.2, 0.25) is 0 Å². The van der Waals surface area contributed by atoms with Crippen molar-refractivity contribution in [3.63, 3.8) is 0 Å². The quantitative estimate of drug-likeness (QED) is 0.903. The second-order valence-corrected chi connectivity index (χ2v) is 4.51. The van der Waals surface area contributed by atoms with Crippen LogP contribution in [0.25, 0.3) is 0 Å². The van der Waals surface area contributed by atoms with Gasteiger partial charge in [0.05, 0.1) is 11.1 Å². The van der Waals surface area contributed by atoms with Crippen LogP contribution in [0.15, 0.2) is 36.4 Å². The number of halogens is 4. The summed E-state index contributed by atoms with van der Waals surface area (Å²) in [6, 6.07) is 7.09. The number of benzene rings is 2. The molecule has 1 nitrogen and oxygen atoms in total. The summed E-state index contributed by atoms with van der Waals surface area (Å²) in [5.74, 6) is -2.02. The molecular weight excluding hydrogens is 277 g/mol. The van der Waals surface area contributed by atoms with E-state index in [1.807, 2.05) is 0 Å². The lowest BCUT2D eigenvalue weighted by molar-refractivity contribution is 0.172. The van der Waals surface area contributed by atoms with Crippen molar-refractivity contribution in [2.24, 2.45) is 0 Å². The van der Waals surface area contributed by atoms with Crippen molar-refractivity contribution in [3.8, 4) is 0 Å². The maximum absolute atomic E-state index is 13.7. The lowest BCUT2D eigenvalue weighted by atomic mass is 10.0. The van der Waals surface area contributed by atoms with Gasteiger partial charge in [0.15, 0.2) is 0 Å². The van der Waals surface area contributed by atoms with E-state index in [-0.39, 0.29) is 22.6 Å². The van der Waals surface area contributed by atoms with Crippen LogP contribution < -0.4 is 0 Å². The highest BCUT2D eigenvalue weighted by Crippen LogP contribution is 2.26. The van der Waals surface area contributed by atoms with Gasteiger partial charge < -0.3 is 5.11 Å². The molecule has 0 aliphatic rings. The molecule has 2 rings (SSSR count). The van der Waals surface area contributed by atoms with Crippen molar-refractivity contribution < 1.29 is 18.3 Å². The Hall–Kier alpha value is -1.52. The van der Waals surface area contributed by atoms with Gasteiger partial charge in [-0.2, -0.15) is 0 Å². The molecule has 0 fully saturated rings. The summed E-state index contributed by atoms with van der Waals surface area (Å²) in [6.07, 6.45) is -1.53. The topological polar surface area (TPSA) is 20.2 Å². The smallest absolute Gasteiger partial charge is 0.147 e. The van der Waals surface area contributed by atoms with Gasteiger partial charge in [-0.3, -0.25) is 0 Å². The van der Waals surface area contributed by atoms with E-state index < -0.39 is 23.6 Å². The van der Waals surface area contributed by atoms with E-state index in [2.05, 4.69) is 0 Å². The summed E-state index contributed by atoms with van der Waals surface area (Å²) in [4.78, 5) is 0. The van der Waals surface area contributed by atoms with Crippen LogP contribution in [0.3, 0.4) is 0 Å². The van der Waals surface area contributed by atoms with E-state index in [0.717, 1.165) is 18.2 Å². The maximum Gasteiger partial charge on any atom is 0.147 e. The standard InChI is InChI=1S/C14H10ClF3O/c15-11-3-1-2-10(14(11)18)13(19)7-8-6-9(16)4-5-12(8)17/h1-6,13,19H,7H2. The van der Waals surface area contributed by atoms with Crippen LogP contribution in [0, 0.1) is 17.5 Å². The highest BCUT2D eigenvalue weighted by Gasteiger charge is 2.17. The molecule has 0 radical (unpaired) electrons. The van der Waals surface area contributed by atoms with Crippen molar-refractivity contribution in [2.75, 3.05) is 0 Å². The highest BCUT2D eigenvalue weighted by molar-refractivity contribution is 6.30. The molecule has 5 heteroatoms. The predicted octanol–water partition coefficient (Wildman–Crippen LogP) is 4.03. The van der Waals surface area contributed by atoms with Crippen LogP contribution in [0.1, 0.15) is 17.2 Å². The Balaban J connectivity index is 2.28. The van der Waals surface area contributed by atoms with Gasteiger partial charge in [-0.05, 0) is 29.8 Å². The molecule has 0 saturated heterocycles. The molecule has 2 aromatic carbocycles. The molecule has 1 atom stereocenters. The monoisotopic (exact) mass is 286 g/mol. The summed E-state index contributed by atoms with van der Waals surface area (Å²) in [5, 5.41) is 9.78. The maximum atomic E-state index is 13.7. The Kier molecular flexibility index (Phi) is 4.12. The van der Waals surface area contributed by atoms with Gasteiger partial charge in [-0.15, -0.1) is 0 Å². The minimum absolute atomic E-state index is 0.0214. The van der Waals surface area contributed by atoms with Crippen molar-refractivity contribution in [2.45, 2.75) is 12.5 Å². The van der Waals surface area contributed by atoms with Crippen LogP contribution in [-0.2, 0) is 6.42 Å². The molecule has 100 valence electrons. The third kappa shape index (κ3) is 3.08. The summed E-state index contributed by atoms with van der Waals surface area (Å²) < 4.78 is 40.1. The Morgan fingerprint density at radius 2 is 1.84 bits per heavy atom. The summed E-state index contributed by atoms with van der Waals surface area (Å²) in [5.41, 5.74) is -0.0666. The van der Waals surface area contributed by atoms with E-state index in [1.54, 1.807) is 0 Å². The second kappa shape index (κ2) is 5.63. The normalized spacial score (nSPS) is 12.5. The number of aliphatic hydroxyl groups excluding tert-OH is 1. The fraction of sp³-hybridized carbons (Fsp3) is 0.143. The molecule has 0 heterocycles. The van der Waals surface area contributed by atoms with Crippen LogP contribution in [-0.4, -0.2) is 5.11 Å². The number of hydrogen-bond acceptors (Lipinski definition) is 1. The molecule has 0 aliphatic heterocycles. The molecule has 0 aliphatic carbocycles. The summed E-state index contributed by atoms with van der Waals surface area (Å²) in [6.45, 7) is 0. The van der Waals surface area contributed by atoms with E-state index in [1.165, 1.54) is 18.2 Å². The molecule has 0 aromatic heterocycles. The first-order valence-electron chi connectivity index (χ1n) is 5.55. The fourth-order valence-electron chi connectivity index (χ4n) is 1.80. The third-order valence-corrected chi connectivity index (χ3v) is 3.05. The minimum atomic E-state index is -1.30. The molecule has 19 heavy (non-hydrogen) atoms. The molecule has 0 saturated carbocycles. The van der Waals surface area contributed by atoms with Crippen molar-refractivity contribution in [1.82, 2.24) is 0 Å². The van der Waals surface area contributed by atoms with Crippen molar-refractivity contribution in [1.29, 1.82) is 0 Å². The highest BCUT2D eigenvalue weighted by atomic mass is 35.5. The minimum Gasteiger partial charge on any atom is -0.388 e. The molecule has 1 unspecified atom stereocenters. The van der Waals surface area contributed by atoms with Gasteiger partial charge in [0.25, 0.3) is 0 Å². The fourth-order valence-corrected chi connectivity index (χ4v) is 1.98. The van der Waals surface area contributed by atoms with Gasteiger partial charge in [-0.1, -0.05) is 23.7 Å². The average Bonchev–Trinajstić information content (AvgIpc) is 2.37. The van der Waals surface area contributed by atoms with Crippen LogP contribution in [0.2, 0.25) is 5.02 Å². The second-order valence-electron chi connectivity index (χ2n) is 4.10. The number of hydrogen-bond donors (Lipinski definition) is 1. The zero-order chi connectivity index (χ0) is 14.0. The SMILES string of the molecule is OC(Cc1cc(F)ccc1F)c1cccc(Cl)c1F. The summed E-state index contributed by atoms with van der Waals surface area (Å²) in [7, 11) is 0. The molecule has 0 spiro atoms. The van der Waals surface area contributed by atoms with Gasteiger partial charge in [0.1, 0.15) is 17.5 Å². The van der Waals surface area contributed by atoms with E-state index >= 15 is 0 Å². The van der Waals surface area contributed by atoms with Gasteiger partial charge in [-0.25, -0.2) is 13.2 Å². The molecule has 2 aromatic rings. The molecule has 1 N–H and O–H groups in total. The van der Waals surface area contributed by atoms with E-state index in [9.17, 15) is 18.3 Å². The van der Waals surface area contributed by atoms with E-state index in [4.69, 9.17) is 11.6 Å². The number of aliphatic hydroxyl groups is 1. The predicted molar refractivity (Wildman–Crippen MR) is 66.4 cm³/mol.